The molecule has 0 aliphatic heterocycles. The second-order valence-electron chi connectivity index (χ2n) is 8.95. The molecule has 4 nitrogen and oxygen atoms in total. The van der Waals surface area contributed by atoms with E-state index >= 15 is 0 Å². The first kappa shape index (κ1) is 24.8. The number of hydrogen-bond donors (Lipinski definition) is 0. The number of aromatic nitrogens is 2. The Morgan fingerprint density at radius 3 is 1.89 bits per heavy atom. The number of nitrogens with zero attached hydrogens (tertiary/aromatic N) is 2. The molecule has 1 aromatic heterocycles. The van der Waals surface area contributed by atoms with Crippen LogP contribution in [-0.4, -0.2) is 32.3 Å². The van der Waals surface area contributed by atoms with Gasteiger partial charge in [-0.15, -0.1) is 0 Å². The fourth-order valence-electron chi connectivity index (χ4n) is 4.49. The zero-order valence-electron chi connectivity index (χ0n) is 20.9. The van der Waals surface area contributed by atoms with Gasteiger partial charge in [-0.3, -0.25) is 0 Å². The lowest BCUT2D eigenvalue weighted by Gasteiger charge is -2.37. The van der Waals surface area contributed by atoms with E-state index in [0.29, 0.717) is 0 Å². The number of hydrogen-bond acceptors (Lipinski definition) is 3. The standard InChI is InChI=1S/C30H36N2O2Si/c1-3-5-20-33-27-14-10-12-25(22-27)30(32-19-18-31-24-32,35-29-16-8-7-9-17-29)26-13-11-15-28(23-26)34-21-6-4-2/h7-19,22-24H,3-6,20-21,35H2,1-2H3. The quantitative estimate of drug-likeness (QED) is 0.186. The van der Waals surface area contributed by atoms with Gasteiger partial charge in [0.15, 0.2) is 0 Å². The van der Waals surface area contributed by atoms with Gasteiger partial charge in [-0.2, -0.15) is 0 Å². The average Bonchev–Trinajstić information content (AvgIpc) is 3.44. The third-order valence-corrected chi connectivity index (χ3v) is 8.98. The summed E-state index contributed by atoms with van der Waals surface area (Å²) in [5.74, 6) is 1.83. The highest BCUT2D eigenvalue weighted by atomic mass is 28.2. The molecule has 0 atom stereocenters. The molecule has 0 spiro atoms. The van der Waals surface area contributed by atoms with E-state index in [0.717, 1.165) is 50.4 Å². The van der Waals surface area contributed by atoms with E-state index in [2.05, 4.69) is 108 Å². The third kappa shape index (κ3) is 6.04. The molecular weight excluding hydrogens is 448 g/mol. The number of imidazole rings is 1. The molecule has 4 rings (SSSR count). The molecule has 0 N–H and O–H groups in total. The van der Waals surface area contributed by atoms with E-state index in [1.54, 1.807) is 0 Å². The highest BCUT2D eigenvalue weighted by molar-refractivity contribution is 6.57. The molecule has 0 amide bonds. The maximum atomic E-state index is 6.14. The molecule has 5 heteroatoms. The van der Waals surface area contributed by atoms with E-state index in [1.807, 2.05) is 12.5 Å². The van der Waals surface area contributed by atoms with Gasteiger partial charge in [0.1, 0.15) is 11.5 Å². The van der Waals surface area contributed by atoms with Crippen LogP contribution >= 0.6 is 0 Å². The zero-order chi connectivity index (χ0) is 24.3. The van der Waals surface area contributed by atoms with Crippen LogP contribution in [0.15, 0.2) is 97.6 Å². The van der Waals surface area contributed by atoms with Crippen LogP contribution in [0, 0.1) is 0 Å². The average molecular weight is 485 g/mol. The summed E-state index contributed by atoms with van der Waals surface area (Å²) in [5, 5.41) is 1.00. The van der Waals surface area contributed by atoms with Crippen LogP contribution in [0.1, 0.15) is 50.7 Å². The summed E-state index contributed by atoms with van der Waals surface area (Å²) in [6.45, 7) is 5.83. The molecule has 0 radical (unpaired) electrons. The summed E-state index contributed by atoms with van der Waals surface area (Å²) in [6.07, 6.45) is 10.2. The Kier molecular flexibility index (Phi) is 8.79. The molecule has 0 saturated carbocycles. The highest BCUT2D eigenvalue weighted by Gasteiger charge is 2.37. The molecular formula is C30H36N2O2Si. The van der Waals surface area contributed by atoms with Gasteiger partial charge in [0.25, 0.3) is 0 Å². The van der Waals surface area contributed by atoms with E-state index in [4.69, 9.17) is 9.47 Å². The van der Waals surface area contributed by atoms with Crippen molar-refractivity contribution in [2.24, 2.45) is 0 Å². The van der Waals surface area contributed by atoms with E-state index < -0.39 is 9.52 Å². The van der Waals surface area contributed by atoms with Crippen LogP contribution < -0.4 is 14.7 Å². The normalized spacial score (nSPS) is 11.7. The van der Waals surface area contributed by atoms with Crippen LogP contribution in [0.5, 0.6) is 11.5 Å². The number of rotatable bonds is 13. The van der Waals surface area contributed by atoms with E-state index in [9.17, 15) is 0 Å². The van der Waals surface area contributed by atoms with Crippen molar-refractivity contribution in [3.8, 4) is 11.5 Å². The van der Waals surface area contributed by atoms with Gasteiger partial charge in [-0.25, -0.2) is 4.98 Å². The number of ether oxygens (including phenoxy) is 2. The zero-order valence-corrected chi connectivity index (χ0v) is 22.3. The second kappa shape index (κ2) is 12.4. The van der Waals surface area contributed by atoms with Gasteiger partial charge in [0.2, 0.25) is 0 Å². The Balaban J connectivity index is 1.86. The number of unbranched alkanes of at least 4 members (excludes halogenated alkanes) is 2. The van der Waals surface area contributed by atoms with E-state index in [-0.39, 0.29) is 5.16 Å². The molecule has 4 aromatic rings. The van der Waals surface area contributed by atoms with Crippen LogP contribution in [-0.2, 0) is 5.16 Å². The minimum atomic E-state index is -0.937. The van der Waals surface area contributed by atoms with Crippen molar-refractivity contribution in [3.63, 3.8) is 0 Å². The maximum Gasteiger partial charge on any atom is 0.119 e. The van der Waals surface area contributed by atoms with Crippen molar-refractivity contribution in [2.75, 3.05) is 13.2 Å². The summed E-state index contributed by atoms with van der Waals surface area (Å²) >= 11 is 0. The fraction of sp³-hybridized carbons (Fsp3) is 0.300. The van der Waals surface area contributed by atoms with Gasteiger partial charge < -0.3 is 14.0 Å². The molecule has 1 heterocycles. The first-order valence-corrected chi connectivity index (χ1v) is 14.2. The molecule has 0 fully saturated rings. The van der Waals surface area contributed by atoms with Gasteiger partial charge in [-0.1, -0.05) is 86.5 Å². The Morgan fingerprint density at radius 2 is 1.37 bits per heavy atom. The summed E-state index contributed by atoms with van der Waals surface area (Å²) < 4.78 is 14.6. The van der Waals surface area contributed by atoms with Crippen molar-refractivity contribution in [1.82, 2.24) is 9.55 Å². The molecule has 3 aromatic carbocycles. The lowest BCUT2D eigenvalue weighted by atomic mass is 9.96. The first-order chi connectivity index (χ1) is 17.3. The van der Waals surface area contributed by atoms with Crippen molar-refractivity contribution >= 4 is 14.7 Å². The van der Waals surface area contributed by atoms with Gasteiger partial charge >= 0.3 is 0 Å². The topological polar surface area (TPSA) is 36.3 Å². The van der Waals surface area contributed by atoms with Gasteiger partial charge in [0, 0.05) is 12.4 Å². The highest BCUT2D eigenvalue weighted by Crippen LogP contribution is 2.36. The van der Waals surface area contributed by atoms with Crippen molar-refractivity contribution < 1.29 is 9.47 Å². The monoisotopic (exact) mass is 484 g/mol. The maximum absolute atomic E-state index is 6.14. The summed E-state index contributed by atoms with van der Waals surface area (Å²) in [4.78, 5) is 4.47. The molecule has 182 valence electrons. The Bertz CT molecular complexity index is 1110. The summed E-state index contributed by atoms with van der Waals surface area (Å²) in [7, 11) is -0.937. The van der Waals surface area contributed by atoms with Crippen LogP contribution in [0.3, 0.4) is 0 Å². The second-order valence-corrected chi connectivity index (χ2v) is 11.1. The first-order valence-electron chi connectivity index (χ1n) is 12.8. The van der Waals surface area contributed by atoms with Crippen LogP contribution in [0.2, 0.25) is 0 Å². The Hall–Kier alpha value is -3.31. The Labute approximate surface area is 211 Å². The van der Waals surface area contributed by atoms with Crippen LogP contribution in [0.25, 0.3) is 0 Å². The molecule has 0 aliphatic carbocycles. The summed E-state index contributed by atoms with van der Waals surface area (Å²) in [5.41, 5.74) is 2.43. The van der Waals surface area contributed by atoms with Gasteiger partial charge in [-0.05, 0) is 48.2 Å². The van der Waals surface area contributed by atoms with Gasteiger partial charge in [0.05, 0.1) is 34.2 Å². The molecule has 0 aliphatic rings. The molecule has 0 unspecified atom stereocenters. The SMILES string of the molecule is CCCCOc1cccc(C([SiH2]c2ccccc2)(c2cccc(OCCCC)c2)n2ccnc2)c1. The molecule has 0 saturated heterocycles. The lowest BCUT2D eigenvalue weighted by Crippen LogP contribution is -2.46. The van der Waals surface area contributed by atoms with Crippen molar-refractivity contribution in [3.05, 3.63) is 109 Å². The van der Waals surface area contributed by atoms with Crippen LogP contribution in [0.4, 0.5) is 0 Å². The predicted octanol–water partition coefficient (Wildman–Crippen LogP) is 5.48. The van der Waals surface area contributed by atoms with E-state index in [1.165, 1.54) is 16.3 Å². The minimum absolute atomic E-state index is 0.383. The Morgan fingerprint density at radius 1 is 0.771 bits per heavy atom. The molecule has 35 heavy (non-hydrogen) atoms. The number of benzene rings is 3. The minimum Gasteiger partial charge on any atom is -0.494 e. The smallest absolute Gasteiger partial charge is 0.119 e. The molecule has 0 bridgehead atoms. The lowest BCUT2D eigenvalue weighted by molar-refractivity contribution is 0.308. The predicted molar refractivity (Wildman–Crippen MR) is 147 cm³/mol. The summed E-state index contributed by atoms with van der Waals surface area (Å²) in [6, 6.07) is 28.1. The van der Waals surface area contributed by atoms with Crippen molar-refractivity contribution in [1.29, 1.82) is 0 Å². The third-order valence-electron chi connectivity index (χ3n) is 6.40. The largest absolute Gasteiger partial charge is 0.494 e. The fourth-order valence-corrected chi connectivity index (χ4v) is 6.81. The van der Waals surface area contributed by atoms with Crippen molar-refractivity contribution in [2.45, 2.75) is 44.7 Å².